The van der Waals surface area contributed by atoms with Gasteiger partial charge < -0.3 is 10.2 Å². The number of aromatic nitrogens is 1. The molecule has 1 fully saturated rings. The second-order valence-electron chi connectivity index (χ2n) is 7.02. The molecule has 31 heavy (non-hydrogen) atoms. The van der Waals surface area contributed by atoms with Crippen LogP contribution < -0.4 is 5.32 Å². The van der Waals surface area contributed by atoms with Gasteiger partial charge in [0.1, 0.15) is 17.2 Å². The average Bonchev–Trinajstić information content (AvgIpc) is 3.24. The Morgan fingerprint density at radius 2 is 1.81 bits per heavy atom. The maximum atomic E-state index is 13.5. The van der Waals surface area contributed by atoms with Gasteiger partial charge in [0.2, 0.25) is 5.91 Å². The molecular weight excluding hydrogens is 437 g/mol. The number of carbonyl (C=O) groups is 2. The van der Waals surface area contributed by atoms with Gasteiger partial charge in [-0.3, -0.25) is 14.6 Å². The van der Waals surface area contributed by atoms with E-state index in [1.165, 1.54) is 23.9 Å². The second-order valence-corrected chi connectivity index (χ2v) is 8.54. The van der Waals surface area contributed by atoms with Gasteiger partial charge in [0.25, 0.3) is 5.91 Å². The van der Waals surface area contributed by atoms with Crippen LogP contribution in [0.25, 0.3) is 0 Å². The molecule has 1 aliphatic heterocycles. The minimum atomic E-state index is -0.689. The summed E-state index contributed by atoms with van der Waals surface area (Å²) in [5.74, 6) is -0.536. The molecule has 2 amide bonds. The lowest BCUT2D eigenvalue weighted by atomic mass is 10.1. The zero-order valence-electron chi connectivity index (χ0n) is 16.4. The fourth-order valence-electron chi connectivity index (χ4n) is 3.42. The highest BCUT2D eigenvalue weighted by atomic mass is 35.5. The van der Waals surface area contributed by atoms with Gasteiger partial charge in [-0.2, -0.15) is 0 Å². The van der Waals surface area contributed by atoms with Crippen molar-refractivity contribution in [3.63, 3.8) is 0 Å². The second kappa shape index (κ2) is 9.49. The maximum absolute atomic E-state index is 13.5. The van der Waals surface area contributed by atoms with Crippen LogP contribution in [-0.4, -0.2) is 33.5 Å². The molecule has 5 nitrogen and oxygen atoms in total. The Morgan fingerprint density at radius 1 is 1.10 bits per heavy atom. The highest BCUT2D eigenvalue weighted by Crippen LogP contribution is 2.42. The maximum Gasteiger partial charge on any atom is 0.257 e. The van der Waals surface area contributed by atoms with Gasteiger partial charge in [-0.15, -0.1) is 11.8 Å². The molecule has 0 bridgehead atoms. The first-order chi connectivity index (χ1) is 15.0. The summed E-state index contributed by atoms with van der Waals surface area (Å²) in [7, 11) is 0. The van der Waals surface area contributed by atoms with Crippen LogP contribution in [0.2, 0.25) is 5.02 Å². The Kier molecular flexibility index (Phi) is 6.53. The first kappa shape index (κ1) is 21.3. The van der Waals surface area contributed by atoms with Crippen LogP contribution in [0.15, 0.2) is 73.1 Å². The summed E-state index contributed by atoms with van der Waals surface area (Å²) in [5.41, 5.74) is 1.98. The summed E-state index contributed by atoms with van der Waals surface area (Å²) in [6, 6.07) is 15.7. The lowest BCUT2D eigenvalue weighted by Gasteiger charge is -2.29. The van der Waals surface area contributed by atoms with Gasteiger partial charge in [-0.25, -0.2) is 4.39 Å². The number of nitrogens with one attached hydrogen (secondary N) is 1. The minimum absolute atomic E-state index is 0.255. The van der Waals surface area contributed by atoms with Crippen molar-refractivity contribution in [2.24, 2.45) is 0 Å². The first-order valence-corrected chi connectivity index (χ1v) is 11.1. The van der Waals surface area contributed by atoms with E-state index in [0.717, 1.165) is 11.1 Å². The Balaban J connectivity index is 1.62. The lowest BCUT2D eigenvalue weighted by Crippen LogP contribution is -2.47. The van der Waals surface area contributed by atoms with E-state index in [1.807, 2.05) is 12.1 Å². The zero-order valence-corrected chi connectivity index (χ0v) is 17.9. The molecule has 0 aliphatic carbocycles. The molecule has 2 atom stereocenters. The fraction of sp³-hybridized carbons (Fsp3) is 0.174. The lowest BCUT2D eigenvalue weighted by molar-refractivity contribution is -0.125. The molecule has 8 heteroatoms. The number of carbonyl (C=O) groups excluding carboxylic acids is 2. The van der Waals surface area contributed by atoms with E-state index >= 15 is 0 Å². The predicted molar refractivity (Wildman–Crippen MR) is 119 cm³/mol. The molecule has 2 unspecified atom stereocenters. The third-order valence-electron chi connectivity index (χ3n) is 5.01. The molecule has 4 rings (SSSR count). The van der Waals surface area contributed by atoms with Crippen LogP contribution in [0.3, 0.4) is 0 Å². The molecule has 1 aromatic heterocycles. The Morgan fingerprint density at radius 3 is 2.52 bits per heavy atom. The van der Waals surface area contributed by atoms with Crippen LogP contribution in [0.4, 0.5) is 4.39 Å². The molecule has 158 valence electrons. The van der Waals surface area contributed by atoms with Gasteiger partial charge in [-0.1, -0.05) is 35.9 Å². The van der Waals surface area contributed by atoms with Crippen molar-refractivity contribution in [2.75, 3.05) is 5.75 Å². The predicted octanol–water partition coefficient (Wildman–Crippen LogP) is 4.45. The molecule has 1 aliphatic rings. The van der Waals surface area contributed by atoms with Crippen LogP contribution in [0, 0.1) is 5.82 Å². The quantitative estimate of drug-likeness (QED) is 0.617. The van der Waals surface area contributed by atoms with Crippen LogP contribution in [0.1, 0.15) is 26.9 Å². The highest BCUT2D eigenvalue weighted by molar-refractivity contribution is 7.99. The third-order valence-corrected chi connectivity index (χ3v) is 6.67. The first-order valence-electron chi connectivity index (χ1n) is 9.65. The van der Waals surface area contributed by atoms with Gasteiger partial charge in [0, 0.05) is 24.7 Å². The van der Waals surface area contributed by atoms with Crippen molar-refractivity contribution in [1.82, 2.24) is 15.2 Å². The van der Waals surface area contributed by atoms with Crippen molar-refractivity contribution >= 4 is 35.2 Å². The number of amides is 2. The molecule has 1 N–H and O–H groups in total. The smallest absolute Gasteiger partial charge is 0.257 e. The van der Waals surface area contributed by atoms with Gasteiger partial charge in [0.15, 0.2) is 0 Å². The van der Waals surface area contributed by atoms with Gasteiger partial charge in [0.05, 0.1) is 10.6 Å². The number of nitrogens with zero attached hydrogens (tertiary/aromatic N) is 2. The normalized spacial score (nSPS) is 18.1. The van der Waals surface area contributed by atoms with Crippen molar-refractivity contribution in [1.29, 1.82) is 0 Å². The number of benzene rings is 2. The third kappa shape index (κ3) is 4.73. The number of hydrogen-bond acceptors (Lipinski definition) is 4. The SMILES string of the molecule is O=C(NCc1ccncc1)C1CSC(c2ccc(F)cc2)N1C(=O)c1ccccc1Cl. The topological polar surface area (TPSA) is 62.3 Å². The Labute approximate surface area is 188 Å². The minimum Gasteiger partial charge on any atom is -0.350 e. The molecule has 1 saturated heterocycles. The summed E-state index contributed by atoms with van der Waals surface area (Å²) in [6.07, 6.45) is 3.31. The van der Waals surface area contributed by atoms with Crippen molar-refractivity contribution in [3.05, 3.63) is 101 Å². The van der Waals surface area contributed by atoms with Crippen molar-refractivity contribution < 1.29 is 14.0 Å². The largest absolute Gasteiger partial charge is 0.350 e. The van der Waals surface area contributed by atoms with E-state index in [0.29, 0.717) is 22.9 Å². The average molecular weight is 456 g/mol. The number of rotatable bonds is 5. The standard InChI is InChI=1S/C23H19ClFN3O2S/c24-19-4-2-1-3-18(19)22(30)28-20(21(29)27-13-15-9-11-26-12-10-15)14-31-23(28)16-5-7-17(25)8-6-16/h1-12,20,23H,13-14H2,(H,27,29). The van der Waals surface area contributed by atoms with Gasteiger partial charge >= 0.3 is 0 Å². The number of halogens is 2. The summed E-state index contributed by atoms with van der Waals surface area (Å²) in [4.78, 5) is 32.0. The molecule has 0 saturated carbocycles. The summed E-state index contributed by atoms with van der Waals surface area (Å²) < 4.78 is 13.4. The summed E-state index contributed by atoms with van der Waals surface area (Å²) in [6.45, 7) is 0.331. The molecular formula is C23H19ClFN3O2S. The molecule has 0 radical (unpaired) electrons. The molecule has 3 aromatic rings. The van der Waals surface area contributed by atoms with E-state index in [-0.39, 0.29) is 17.6 Å². The van der Waals surface area contributed by atoms with E-state index in [4.69, 9.17) is 11.6 Å². The van der Waals surface area contributed by atoms with Crippen LogP contribution in [-0.2, 0) is 11.3 Å². The zero-order chi connectivity index (χ0) is 21.8. The fourth-order valence-corrected chi connectivity index (χ4v) is 5.07. The molecule has 2 aromatic carbocycles. The van der Waals surface area contributed by atoms with E-state index < -0.39 is 11.4 Å². The van der Waals surface area contributed by atoms with E-state index in [2.05, 4.69) is 10.3 Å². The van der Waals surface area contributed by atoms with E-state index in [1.54, 1.807) is 53.7 Å². The number of thioether (sulfide) groups is 1. The molecule has 2 heterocycles. The summed E-state index contributed by atoms with van der Waals surface area (Å²) >= 11 is 7.74. The Hall–Kier alpha value is -2.90. The van der Waals surface area contributed by atoms with Crippen molar-refractivity contribution in [2.45, 2.75) is 18.0 Å². The van der Waals surface area contributed by atoms with Crippen molar-refractivity contribution in [3.8, 4) is 0 Å². The number of pyridine rings is 1. The van der Waals surface area contributed by atoms with Crippen LogP contribution in [0.5, 0.6) is 0 Å². The van der Waals surface area contributed by atoms with E-state index in [9.17, 15) is 14.0 Å². The van der Waals surface area contributed by atoms with Gasteiger partial charge in [-0.05, 0) is 47.5 Å². The molecule has 0 spiro atoms. The summed E-state index contributed by atoms with van der Waals surface area (Å²) in [5, 5.41) is 2.79. The Bertz CT molecular complexity index is 1080. The monoisotopic (exact) mass is 455 g/mol. The highest BCUT2D eigenvalue weighted by Gasteiger charge is 2.42. The van der Waals surface area contributed by atoms with Crippen LogP contribution >= 0.6 is 23.4 Å². The number of hydrogen-bond donors (Lipinski definition) is 1.